The lowest BCUT2D eigenvalue weighted by Crippen LogP contribution is -2.21. The van der Waals surface area contributed by atoms with Gasteiger partial charge < -0.3 is 11.1 Å². The number of nitrogens with two attached hydrogens (primary N) is 1. The number of nitrogens with zero attached hydrogens (tertiary/aromatic N) is 1. The molecule has 2 aromatic rings. The minimum atomic E-state index is 0.0137. The van der Waals surface area contributed by atoms with Gasteiger partial charge in [-0.2, -0.15) is 0 Å². The van der Waals surface area contributed by atoms with Gasteiger partial charge in [0.1, 0.15) is 5.82 Å². The molecule has 3 nitrogen and oxygen atoms in total. The van der Waals surface area contributed by atoms with E-state index < -0.39 is 0 Å². The average Bonchev–Trinajstić information content (AvgIpc) is 2.42. The van der Waals surface area contributed by atoms with E-state index in [1.54, 1.807) is 6.20 Å². The molecule has 106 valence electrons. The molecule has 0 spiro atoms. The number of aryl methyl sites for hydroxylation is 1. The molecular weight excluding hydrogens is 293 g/mol. The van der Waals surface area contributed by atoms with Crippen LogP contribution in [-0.4, -0.2) is 12.0 Å². The van der Waals surface area contributed by atoms with Crippen molar-refractivity contribution in [2.45, 2.75) is 19.4 Å². The first-order valence-corrected chi connectivity index (χ1v) is 7.10. The third kappa shape index (κ3) is 3.23. The number of hydrogen-bond donors (Lipinski definition) is 2. The van der Waals surface area contributed by atoms with Gasteiger partial charge in [-0.3, -0.25) is 0 Å². The van der Waals surface area contributed by atoms with E-state index in [1.807, 2.05) is 38.2 Å². The summed E-state index contributed by atoms with van der Waals surface area (Å²) in [4.78, 5) is 4.21. The van der Waals surface area contributed by atoms with Gasteiger partial charge in [0.15, 0.2) is 0 Å². The molecule has 1 aromatic heterocycles. The summed E-state index contributed by atoms with van der Waals surface area (Å²) in [6.45, 7) is 1.99. The Morgan fingerprint density at radius 3 is 2.55 bits per heavy atom. The van der Waals surface area contributed by atoms with Crippen LogP contribution in [0.15, 0.2) is 30.5 Å². The van der Waals surface area contributed by atoms with E-state index in [-0.39, 0.29) is 6.04 Å². The highest BCUT2D eigenvalue weighted by Gasteiger charge is 2.17. The summed E-state index contributed by atoms with van der Waals surface area (Å²) in [7, 11) is 1.89. The third-order valence-corrected chi connectivity index (χ3v) is 3.99. The molecule has 0 saturated heterocycles. The highest BCUT2D eigenvalue weighted by Crippen LogP contribution is 2.30. The molecule has 20 heavy (non-hydrogen) atoms. The van der Waals surface area contributed by atoms with E-state index >= 15 is 0 Å². The zero-order chi connectivity index (χ0) is 14.7. The summed E-state index contributed by atoms with van der Waals surface area (Å²) in [5.74, 6) is 0.526. The number of hydrogen-bond acceptors (Lipinski definition) is 3. The van der Waals surface area contributed by atoms with Gasteiger partial charge in [0.05, 0.1) is 0 Å². The number of nitrogens with one attached hydrogen (secondary N) is 1. The van der Waals surface area contributed by atoms with E-state index in [1.165, 1.54) is 0 Å². The number of pyridine rings is 1. The van der Waals surface area contributed by atoms with Crippen LogP contribution in [0.1, 0.15) is 22.7 Å². The lowest BCUT2D eigenvalue weighted by molar-refractivity contribution is 0.592. The van der Waals surface area contributed by atoms with E-state index in [9.17, 15) is 0 Å². The smallest absolute Gasteiger partial charge is 0.128 e. The number of halogens is 2. The highest BCUT2D eigenvalue weighted by atomic mass is 35.5. The second-order valence-corrected chi connectivity index (χ2v) is 5.55. The van der Waals surface area contributed by atoms with Crippen molar-refractivity contribution in [3.05, 3.63) is 57.2 Å². The second kappa shape index (κ2) is 6.44. The van der Waals surface area contributed by atoms with Gasteiger partial charge in [-0.05, 0) is 49.7 Å². The average molecular weight is 310 g/mol. The molecule has 0 amide bonds. The molecule has 0 saturated carbocycles. The van der Waals surface area contributed by atoms with Gasteiger partial charge in [-0.15, -0.1) is 0 Å². The van der Waals surface area contributed by atoms with Crippen LogP contribution in [0.2, 0.25) is 10.0 Å². The van der Waals surface area contributed by atoms with Crippen LogP contribution in [0, 0.1) is 6.92 Å². The Labute approximate surface area is 129 Å². The van der Waals surface area contributed by atoms with E-state index in [0.717, 1.165) is 16.7 Å². The van der Waals surface area contributed by atoms with Crippen molar-refractivity contribution in [1.82, 2.24) is 10.3 Å². The fourth-order valence-electron chi connectivity index (χ4n) is 2.18. The topological polar surface area (TPSA) is 50.9 Å². The maximum Gasteiger partial charge on any atom is 0.128 e. The number of rotatable bonds is 4. The molecule has 0 fully saturated rings. The molecule has 1 heterocycles. The van der Waals surface area contributed by atoms with E-state index in [0.29, 0.717) is 22.3 Å². The van der Waals surface area contributed by atoms with Crippen LogP contribution in [-0.2, 0) is 6.42 Å². The molecule has 0 bridgehead atoms. The van der Waals surface area contributed by atoms with Crippen LogP contribution in [0.4, 0.5) is 5.82 Å². The normalized spacial score (nSPS) is 12.4. The first-order valence-electron chi connectivity index (χ1n) is 6.35. The second-order valence-electron chi connectivity index (χ2n) is 4.73. The van der Waals surface area contributed by atoms with Gasteiger partial charge in [-0.25, -0.2) is 4.98 Å². The number of aromatic nitrogens is 1. The summed E-state index contributed by atoms with van der Waals surface area (Å²) in [6.07, 6.45) is 2.42. The zero-order valence-electron chi connectivity index (χ0n) is 11.5. The summed E-state index contributed by atoms with van der Waals surface area (Å²) in [6, 6.07) is 7.57. The molecule has 0 radical (unpaired) electrons. The van der Waals surface area contributed by atoms with Crippen LogP contribution in [0.3, 0.4) is 0 Å². The van der Waals surface area contributed by atoms with Gasteiger partial charge in [0.2, 0.25) is 0 Å². The quantitative estimate of drug-likeness (QED) is 0.903. The Bertz CT molecular complexity index is 594. The molecule has 0 aliphatic heterocycles. The Hall–Kier alpha value is -1.29. The number of likely N-dealkylation sites (N-methyl/N-ethyl adjacent to an activating group) is 1. The summed E-state index contributed by atoms with van der Waals surface area (Å²) in [5.41, 5.74) is 8.92. The number of benzene rings is 1. The van der Waals surface area contributed by atoms with Crippen LogP contribution in [0.25, 0.3) is 0 Å². The summed E-state index contributed by atoms with van der Waals surface area (Å²) in [5, 5.41) is 4.58. The maximum atomic E-state index is 6.23. The van der Waals surface area contributed by atoms with Crippen LogP contribution < -0.4 is 11.1 Å². The van der Waals surface area contributed by atoms with Crippen molar-refractivity contribution in [2.75, 3.05) is 12.8 Å². The third-order valence-electron chi connectivity index (χ3n) is 3.28. The minimum absolute atomic E-state index is 0.0137. The standard InChI is InChI=1S/C15H17Cl2N3/c1-9-6-11(15(18)20-8-9)14(19-2)7-10-12(16)4-3-5-13(10)17/h3-6,8,14,19H,7H2,1-2H3,(H2,18,20). The monoisotopic (exact) mass is 309 g/mol. The lowest BCUT2D eigenvalue weighted by atomic mass is 9.98. The molecule has 0 aliphatic rings. The van der Waals surface area contributed by atoms with Gasteiger partial charge in [-0.1, -0.05) is 29.3 Å². The Morgan fingerprint density at radius 2 is 1.95 bits per heavy atom. The minimum Gasteiger partial charge on any atom is -0.383 e. The maximum absolute atomic E-state index is 6.23. The SMILES string of the molecule is CNC(Cc1c(Cl)cccc1Cl)c1cc(C)cnc1N. The van der Waals surface area contributed by atoms with Crippen LogP contribution >= 0.6 is 23.2 Å². The Balaban J connectivity index is 2.36. The Morgan fingerprint density at radius 1 is 1.30 bits per heavy atom. The predicted octanol–water partition coefficient (Wildman–Crippen LogP) is 3.78. The number of anilines is 1. The molecule has 0 aliphatic carbocycles. The molecule has 2 rings (SSSR count). The summed E-state index contributed by atoms with van der Waals surface area (Å²) >= 11 is 12.5. The van der Waals surface area contributed by atoms with Gasteiger partial charge in [0, 0.05) is 27.8 Å². The first-order chi connectivity index (χ1) is 9.52. The van der Waals surface area contributed by atoms with Crippen LogP contribution in [0.5, 0.6) is 0 Å². The van der Waals surface area contributed by atoms with E-state index in [2.05, 4.69) is 10.3 Å². The van der Waals surface area contributed by atoms with Crippen molar-refractivity contribution in [3.63, 3.8) is 0 Å². The lowest BCUT2D eigenvalue weighted by Gasteiger charge is -2.20. The van der Waals surface area contributed by atoms with Crippen molar-refractivity contribution in [1.29, 1.82) is 0 Å². The largest absolute Gasteiger partial charge is 0.383 e. The highest BCUT2D eigenvalue weighted by molar-refractivity contribution is 6.36. The predicted molar refractivity (Wildman–Crippen MR) is 85.4 cm³/mol. The summed E-state index contributed by atoms with van der Waals surface area (Å²) < 4.78 is 0. The fraction of sp³-hybridized carbons (Fsp3) is 0.267. The number of nitrogen functional groups attached to an aromatic ring is 1. The van der Waals surface area contributed by atoms with Crippen molar-refractivity contribution < 1.29 is 0 Å². The van der Waals surface area contributed by atoms with Gasteiger partial charge >= 0.3 is 0 Å². The van der Waals surface area contributed by atoms with E-state index in [4.69, 9.17) is 28.9 Å². The first kappa shape index (κ1) is 15.1. The molecule has 1 aromatic carbocycles. The van der Waals surface area contributed by atoms with Crippen molar-refractivity contribution >= 4 is 29.0 Å². The molecule has 3 N–H and O–H groups in total. The molecular formula is C15H17Cl2N3. The zero-order valence-corrected chi connectivity index (χ0v) is 13.0. The molecule has 5 heteroatoms. The van der Waals surface area contributed by atoms with Crippen molar-refractivity contribution in [3.8, 4) is 0 Å². The molecule has 1 unspecified atom stereocenters. The molecule has 1 atom stereocenters. The van der Waals surface area contributed by atoms with Gasteiger partial charge in [0.25, 0.3) is 0 Å². The van der Waals surface area contributed by atoms with Crippen molar-refractivity contribution in [2.24, 2.45) is 0 Å². The fourth-order valence-corrected chi connectivity index (χ4v) is 2.73. The Kier molecular flexibility index (Phi) is 4.86.